The number of nitrogens with zero attached hydrogens (tertiary/aromatic N) is 3. The second-order valence-corrected chi connectivity index (χ2v) is 13.5. The van der Waals surface area contributed by atoms with Gasteiger partial charge in [-0.3, -0.25) is 9.59 Å². The number of benzene rings is 2. The van der Waals surface area contributed by atoms with E-state index in [2.05, 4.69) is 20.6 Å². The first-order chi connectivity index (χ1) is 26.0. The summed E-state index contributed by atoms with van der Waals surface area (Å²) in [5, 5.41) is 45.3. The van der Waals surface area contributed by atoms with Gasteiger partial charge in [0.25, 0.3) is 5.91 Å². The topological polar surface area (TPSA) is 274 Å². The third kappa shape index (κ3) is 10.1. The summed E-state index contributed by atoms with van der Waals surface area (Å²) in [5.41, 5.74) is 8.00. The minimum atomic E-state index is -1.95. The number of esters is 1. The fraction of sp³-hybridized carbons (Fsp3) is 0.441. The lowest BCUT2D eigenvalue weighted by Gasteiger charge is -2.38. The number of nitrogen functional groups attached to an aromatic ring is 1. The number of rotatable bonds is 7. The van der Waals surface area contributed by atoms with Crippen molar-refractivity contribution in [1.82, 2.24) is 19.6 Å². The maximum absolute atomic E-state index is 13.8. The Kier molecular flexibility index (Phi) is 14.3. The lowest BCUT2D eigenvalue weighted by atomic mass is 9.99. The van der Waals surface area contributed by atoms with Gasteiger partial charge in [-0.1, -0.05) is 24.3 Å². The number of amides is 1. The maximum Gasteiger partial charge on any atom is 0.335 e. The number of para-hydroxylation sites is 1. The van der Waals surface area contributed by atoms with Crippen molar-refractivity contribution in [2.24, 2.45) is 0 Å². The van der Waals surface area contributed by atoms with Crippen LogP contribution in [-0.2, 0) is 46.1 Å². The molecule has 0 aliphatic carbocycles. The van der Waals surface area contributed by atoms with Crippen molar-refractivity contribution in [2.45, 2.75) is 48.6 Å². The number of carboxylic acid groups (broad SMARTS) is 1. The lowest BCUT2D eigenvalue weighted by Crippen LogP contribution is -2.60. The highest BCUT2D eigenvalue weighted by molar-refractivity contribution is 7.82. The third-order valence-electron chi connectivity index (χ3n) is 8.27. The summed E-state index contributed by atoms with van der Waals surface area (Å²) in [5.74, 6) is -2.86. The Morgan fingerprint density at radius 1 is 1.04 bits per heavy atom. The SMILES string of the molecule is CNCc1cccc2c1OCCOCCOCCN(CCC(=O)OC1OC(C(=O)O)C(O)C(O)C1O)S(=O)c1ccc(cc1)-c1cnc(N)c(n1)C(=O)N2. The van der Waals surface area contributed by atoms with E-state index in [0.717, 1.165) is 5.56 Å². The fourth-order valence-corrected chi connectivity index (χ4v) is 6.65. The Morgan fingerprint density at radius 3 is 2.48 bits per heavy atom. The third-order valence-corrected chi connectivity index (χ3v) is 9.78. The molecule has 3 aliphatic rings. The largest absolute Gasteiger partial charge is 0.489 e. The molecular formula is C34H42N6O13S. The van der Waals surface area contributed by atoms with E-state index < -0.39 is 59.5 Å². The molecule has 20 heteroatoms. The molecule has 292 valence electrons. The smallest absolute Gasteiger partial charge is 0.335 e. The molecule has 4 heterocycles. The molecule has 2 aromatic carbocycles. The molecule has 1 fully saturated rings. The number of hydrogen-bond acceptors (Lipinski definition) is 16. The number of anilines is 2. The maximum atomic E-state index is 13.8. The summed E-state index contributed by atoms with van der Waals surface area (Å²) < 4.78 is 42.8. The van der Waals surface area contributed by atoms with Crippen molar-refractivity contribution < 1.29 is 62.7 Å². The molecule has 54 heavy (non-hydrogen) atoms. The van der Waals surface area contributed by atoms with Gasteiger partial charge in [0, 0.05) is 30.8 Å². The molecule has 1 aromatic heterocycles. The van der Waals surface area contributed by atoms with Crippen LogP contribution in [-0.4, -0.2) is 141 Å². The van der Waals surface area contributed by atoms with Crippen molar-refractivity contribution >= 4 is 40.3 Å². The van der Waals surface area contributed by atoms with Crippen LogP contribution in [0.5, 0.6) is 5.75 Å². The van der Waals surface area contributed by atoms with E-state index >= 15 is 0 Å². The standard InChI is InChI=1S/C34H42N6O13S/c1-36-17-20-3-2-4-22-29(20)51-16-15-50-14-13-49-12-11-40(10-9-24(41)52-34-28(44)26(42)27(43)30(53-34)33(46)47)54(48)21-7-5-19(6-8-21)23-18-37-31(35)25(38-23)32(45)39-22/h2-8,18,26-28,30,34,36,42-44H,9-17H2,1H3,(H2,35,37)(H,39,45)(H,46,47). The van der Waals surface area contributed by atoms with Crippen LogP contribution < -0.4 is 21.1 Å². The monoisotopic (exact) mass is 774 g/mol. The Bertz CT molecular complexity index is 1800. The molecular weight excluding hydrogens is 732 g/mol. The van der Waals surface area contributed by atoms with E-state index in [4.69, 9.17) is 29.4 Å². The number of carboxylic acids is 1. The molecule has 3 aromatic rings. The van der Waals surface area contributed by atoms with Crippen molar-refractivity contribution in [3.8, 4) is 17.0 Å². The molecule has 8 N–H and O–H groups in total. The van der Waals surface area contributed by atoms with Crippen molar-refractivity contribution in [3.05, 3.63) is 59.9 Å². The zero-order chi connectivity index (χ0) is 38.8. The van der Waals surface area contributed by atoms with Crippen LogP contribution in [0, 0.1) is 0 Å². The van der Waals surface area contributed by atoms with Crippen LogP contribution in [0.3, 0.4) is 0 Å². The number of aromatic nitrogens is 2. The molecule has 0 radical (unpaired) electrons. The van der Waals surface area contributed by atoms with E-state index in [1.807, 2.05) is 6.07 Å². The van der Waals surface area contributed by atoms with Gasteiger partial charge in [0.1, 0.15) is 41.7 Å². The van der Waals surface area contributed by atoms with Gasteiger partial charge in [-0.05, 0) is 25.2 Å². The van der Waals surface area contributed by atoms with Gasteiger partial charge >= 0.3 is 11.9 Å². The average Bonchev–Trinajstić information content (AvgIpc) is 3.16. The van der Waals surface area contributed by atoms with Crippen LogP contribution >= 0.6 is 0 Å². The predicted octanol–water partition coefficient (Wildman–Crippen LogP) is -0.727. The van der Waals surface area contributed by atoms with Crippen LogP contribution in [0.15, 0.2) is 53.6 Å². The lowest BCUT2D eigenvalue weighted by molar-refractivity contribution is -0.286. The molecule has 6 atom stereocenters. The first kappa shape index (κ1) is 40.5. The summed E-state index contributed by atoms with van der Waals surface area (Å²) >= 11 is 0. The Balaban J connectivity index is 1.33. The number of aliphatic carboxylic acids is 1. The van der Waals surface area contributed by atoms with Crippen molar-refractivity contribution in [1.29, 1.82) is 0 Å². The van der Waals surface area contributed by atoms with Crippen molar-refractivity contribution in [3.63, 3.8) is 0 Å². The highest BCUT2D eigenvalue weighted by Gasteiger charge is 2.48. The predicted molar refractivity (Wildman–Crippen MR) is 189 cm³/mol. The molecule has 1 saturated heterocycles. The Labute approximate surface area is 311 Å². The number of ether oxygens (including phenoxy) is 5. The van der Waals surface area contributed by atoms with Crippen LogP contribution in [0.1, 0.15) is 22.5 Å². The summed E-state index contributed by atoms with van der Waals surface area (Å²) in [6.07, 6.45) is -8.64. The number of nitrogens with two attached hydrogens (primary N) is 1. The van der Waals surface area contributed by atoms with Gasteiger partial charge in [0.15, 0.2) is 17.6 Å². The summed E-state index contributed by atoms with van der Waals surface area (Å²) in [4.78, 5) is 46.7. The van der Waals surface area contributed by atoms with E-state index in [1.54, 1.807) is 43.4 Å². The van der Waals surface area contributed by atoms with E-state index in [9.17, 15) is 39.0 Å². The zero-order valence-corrected chi connectivity index (χ0v) is 30.0. The normalized spacial score (nSPS) is 24.6. The fourth-order valence-electron chi connectivity index (χ4n) is 5.48. The highest BCUT2D eigenvalue weighted by atomic mass is 32.2. The zero-order valence-electron chi connectivity index (χ0n) is 29.2. The van der Waals surface area contributed by atoms with Gasteiger partial charge in [-0.15, -0.1) is 0 Å². The molecule has 6 unspecified atom stereocenters. The molecule has 1 amide bonds. The number of carbonyl (C=O) groups is 3. The van der Waals surface area contributed by atoms with Gasteiger partial charge in [0.2, 0.25) is 6.29 Å². The molecule has 3 aliphatic heterocycles. The van der Waals surface area contributed by atoms with Crippen LogP contribution in [0.4, 0.5) is 11.5 Å². The van der Waals surface area contributed by atoms with Gasteiger partial charge in [-0.2, -0.15) is 0 Å². The Morgan fingerprint density at radius 2 is 1.76 bits per heavy atom. The number of fused-ring (bicyclic) bond motifs is 13. The highest BCUT2D eigenvalue weighted by Crippen LogP contribution is 2.30. The molecule has 0 saturated carbocycles. The van der Waals surface area contributed by atoms with E-state index in [-0.39, 0.29) is 64.1 Å². The minimum Gasteiger partial charge on any atom is -0.489 e. The molecule has 6 rings (SSSR count). The Hall–Kier alpha value is -4.64. The second-order valence-electron chi connectivity index (χ2n) is 12.0. The molecule has 4 bridgehead atoms. The number of hydrogen-bond donors (Lipinski definition) is 7. The van der Waals surface area contributed by atoms with Crippen LogP contribution in [0.25, 0.3) is 11.3 Å². The summed E-state index contributed by atoms with van der Waals surface area (Å²) in [6.45, 7) is 1.25. The number of carbonyl (C=O) groups excluding carboxylic acids is 2. The number of nitrogens with one attached hydrogen (secondary N) is 2. The summed E-state index contributed by atoms with van der Waals surface area (Å²) in [6, 6.07) is 11.8. The summed E-state index contributed by atoms with van der Waals surface area (Å²) in [7, 11) is -0.0551. The van der Waals surface area contributed by atoms with Crippen LogP contribution in [0.2, 0.25) is 0 Å². The second kappa shape index (κ2) is 19.1. The molecule has 0 spiro atoms. The first-order valence-corrected chi connectivity index (χ1v) is 18.0. The average molecular weight is 775 g/mol. The quantitative estimate of drug-likeness (QED) is 0.115. The van der Waals surface area contributed by atoms with E-state index in [1.165, 1.54) is 10.5 Å². The molecule has 19 nitrogen and oxygen atoms in total. The number of aliphatic hydroxyl groups excluding tert-OH is 3. The van der Waals surface area contributed by atoms with Crippen molar-refractivity contribution in [2.75, 3.05) is 64.2 Å². The number of aliphatic hydroxyl groups is 3. The van der Waals surface area contributed by atoms with Gasteiger partial charge < -0.3 is 60.5 Å². The van der Waals surface area contributed by atoms with E-state index in [0.29, 0.717) is 34.1 Å². The van der Waals surface area contributed by atoms with Gasteiger partial charge in [0.05, 0.1) is 55.3 Å². The minimum absolute atomic E-state index is 0.0895. The van der Waals surface area contributed by atoms with Gasteiger partial charge in [-0.25, -0.2) is 23.3 Å². The first-order valence-electron chi connectivity index (χ1n) is 16.9.